The molecule has 0 spiro atoms. The minimum atomic E-state index is -0.499. The van der Waals surface area contributed by atoms with Crippen LogP contribution < -0.4 is 0 Å². The summed E-state index contributed by atoms with van der Waals surface area (Å²) < 4.78 is 5.76. The first-order valence-corrected chi connectivity index (χ1v) is 7.86. The second-order valence-corrected chi connectivity index (χ2v) is 5.67. The summed E-state index contributed by atoms with van der Waals surface area (Å²) in [5.41, 5.74) is -0.499. The first-order valence-electron chi connectivity index (χ1n) is 7.86. The fourth-order valence-electron chi connectivity index (χ4n) is 3.12. The first-order chi connectivity index (χ1) is 9.61. The van der Waals surface area contributed by atoms with E-state index in [1.165, 1.54) is 25.3 Å². The maximum atomic E-state index is 11.7. The summed E-state index contributed by atoms with van der Waals surface area (Å²) in [6.45, 7) is 12.7. The predicted octanol–water partition coefficient (Wildman–Crippen LogP) is 4.26. The van der Waals surface area contributed by atoms with Gasteiger partial charge in [0.15, 0.2) is 5.72 Å². The molecule has 1 rings (SSSR count). The van der Waals surface area contributed by atoms with Crippen molar-refractivity contribution in [3.63, 3.8) is 0 Å². The Morgan fingerprint density at radius 1 is 1.45 bits per heavy atom. The van der Waals surface area contributed by atoms with Crippen molar-refractivity contribution in [3.05, 3.63) is 25.4 Å². The van der Waals surface area contributed by atoms with E-state index in [-0.39, 0.29) is 5.97 Å². The maximum absolute atomic E-state index is 11.7. The molecule has 0 aromatic rings. The van der Waals surface area contributed by atoms with Gasteiger partial charge in [-0.25, -0.2) is 4.79 Å². The molecule has 2 unspecified atom stereocenters. The molecule has 0 aromatic heterocycles. The van der Waals surface area contributed by atoms with Crippen LogP contribution >= 0.6 is 0 Å². The van der Waals surface area contributed by atoms with Gasteiger partial charge in [0.1, 0.15) is 0 Å². The first kappa shape index (κ1) is 16.8. The van der Waals surface area contributed by atoms with Gasteiger partial charge in [0.25, 0.3) is 0 Å². The summed E-state index contributed by atoms with van der Waals surface area (Å²) in [6.07, 6.45) is 10.7. The zero-order valence-electron chi connectivity index (χ0n) is 13.1. The van der Waals surface area contributed by atoms with E-state index in [2.05, 4.69) is 31.9 Å². The molecule has 0 amide bonds. The van der Waals surface area contributed by atoms with Gasteiger partial charge in [-0.1, -0.05) is 52.7 Å². The molecule has 3 heteroatoms. The molecule has 1 fully saturated rings. The van der Waals surface area contributed by atoms with Crippen LogP contribution in [-0.2, 0) is 9.53 Å². The highest BCUT2D eigenvalue weighted by Gasteiger charge is 2.43. The van der Waals surface area contributed by atoms with Gasteiger partial charge in [0.05, 0.1) is 0 Å². The third kappa shape index (κ3) is 4.12. The Kier molecular flexibility index (Phi) is 6.83. The number of nitrogens with zero attached hydrogens (tertiary/aromatic N) is 1. The van der Waals surface area contributed by atoms with Crippen LogP contribution in [0.2, 0.25) is 0 Å². The Hall–Kier alpha value is -1.25. The summed E-state index contributed by atoms with van der Waals surface area (Å²) in [7, 11) is 0. The van der Waals surface area contributed by atoms with Crippen molar-refractivity contribution in [1.82, 2.24) is 4.90 Å². The van der Waals surface area contributed by atoms with Crippen LogP contribution in [-0.4, -0.2) is 23.1 Å². The van der Waals surface area contributed by atoms with Crippen molar-refractivity contribution >= 4 is 5.97 Å². The molecule has 0 bridgehead atoms. The van der Waals surface area contributed by atoms with Gasteiger partial charge in [0, 0.05) is 25.5 Å². The maximum Gasteiger partial charge on any atom is 0.332 e. The highest BCUT2D eigenvalue weighted by atomic mass is 16.6. The fourth-order valence-corrected chi connectivity index (χ4v) is 3.12. The van der Waals surface area contributed by atoms with Crippen LogP contribution in [0, 0.1) is 5.92 Å². The highest BCUT2D eigenvalue weighted by molar-refractivity contribution is 5.81. The molecule has 1 aliphatic heterocycles. The number of likely N-dealkylation sites (tertiary alicyclic amines) is 1. The quantitative estimate of drug-likeness (QED) is 0.466. The smallest absolute Gasteiger partial charge is 0.332 e. The monoisotopic (exact) mass is 279 g/mol. The molecule has 0 N–H and O–H groups in total. The van der Waals surface area contributed by atoms with Gasteiger partial charge >= 0.3 is 5.97 Å². The second-order valence-electron chi connectivity index (χ2n) is 5.67. The normalized spacial score (nSPS) is 23.4. The van der Waals surface area contributed by atoms with E-state index in [1.54, 1.807) is 0 Å². The summed E-state index contributed by atoms with van der Waals surface area (Å²) in [5, 5.41) is 0. The number of carbonyl (C=O) groups excluding carboxylic acids is 1. The highest BCUT2D eigenvalue weighted by Crippen LogP contribution is 2.38. The molecule has 3 nitrogen and oxygen atoms in total. The lowest BCUT2D eigenvalue weighted by Crippen LogP contribution is -2.46. The summed E-state index contributed by atoms with van der Waals surface area (Å²) in [4.78, 5) is 13.8. The van der Waals surface area contributed by atoms with E-state index in [4.69, 9.17) is 4.74 Å². The van der Waals surface area contributed by atoms with E-state index < -0.39 is 5.72 Å². The molecule has 1 saturated heterocycles. The largest absolute Gasteiger partial charge is 0.436 e. The molecule has 0 aromatic carbocycles. The molecule has 1 heterocycles. The average molecular weight is 279 g/mol. The van der Waals surface area contributed by atoms with Crippen LogP contribution in [0.15, 0.2) is 25.4 Å². The van der Waals surface area contributed by atoms with Gasteiger partial charge in [-0.2, -0.15) is 0 Å². The molecule has 1 aliphatic rings. The van der Waals surface area contributed by atoms with Gasteiger partial charge in [-0.3, -0.25) is 0 Å². The molecule has 0 aliphatic carbocycles. The lowest BCUT2D eigenvalue weighted by Gasteiger charge is -2.39. The summed E-state index contributed by atoms with van der Waals surface area (Å²) in [6, 6.07) is 0. The molecule has 114 valence electrons. The van der Waals surface area contributed by atoms with E-state index in [1.807, 2.05) is 6.20 Å². The lowest BCUT2D eigenvalue weighted by molar-refractivity contribution is -0.171. The zero-order valence-corrected chi connectivity index (χ0v) is 13.1. The van der Waals surface area contributed by atoms with Crippen molar-refractivity contribution in [2.75, 3.05) is 6.54 Å². The van der Waals surface area contributed by atoms with E-state index in [9.17, 15) is 4.79 Å². The zero-order chi connectivity index (χ0) is 15.0. The molecule has 0 saturated carbocycles. The minimum Gasteiger partial charge on any atom is -0.436 e. The summed E-state index contributed by atoms with van der Waals surface area (Å²) >= 11 is 0. The van der Waals surface area contributed by atoms with Crippen LogP contribution in [0.4, 0.5) is 0 Å². The summed E-state index contributed by atoms with van der Waals surface area (Å²) in [5.74, 6) is 0.261. The number of carbonyl (C=O) groups is 1. The SMILES string of the molecule is C=CC(=O)OC1(CC(CC)CCCC)CCCN1C=C. The number of unbranched alkanes of at least 4 members (excludes halogenated alkanes) is 1. The Bertz CT molecular complexity index is 340. The molecule has 20 heavy (non-hydrogen) atoms. The van der Waals surface area contributed by atoms with E-state index in [0.29, 0.717) is 5.92 Å². The third-order valence-electron chi connectivity index (χ3n) is 4.32. The number of hydrogen-bond donors (Lipinski definition) is 0. The Morgan fingerprint density at radius 3 is 2.75 bits per heavy atom. The number of esters is 1. The third-order valence-corrected chi connectivity index (χ3v) is 4.32. The standard InChI is InChI=1S/C17H29NO2/c1-5-9-11-15(6-2)14-17(20-16(19)7-3)12-10-13-18(17)8-4/h7-8,15H,3-6,9-14H2,1-2H3. The van der Waals surface area contributed by atoms with Crippen LogP contribution in [0.1, 0.15) is 58.8 Å². The van der Waals surface area contributed by atoms with Crippen LogP contribution in [0.5, 0.6) is 0 Å². The Labute approximate surface area is 123 Å². The van der Waals surface area contributed by atoms with Crippen LogP contribution in [0.3, 0.4) is 0 Å². The van der Waals surface area contributed by atoms with Crippen LogP contribution in [0.25, 0.3) is 0 Å². The number of rotatable bonds is 9. The molecule has 0 radical (unpaired) electrons. The van der Waals surface area contributed by atoms with Crippen molar-refractivity contribution in [2.24, 2.45) is 5.92 Å². The Morgan fingerprint density at radius 2 is 2.20 bits per heavy atom. The van der Waals surface area contributed by atoms with Crippen molar-refractivity contribution in [3.8, 4) is 0 Å². The van der Waals surface area contributed by atoms with Crippen molar-refractivity contribution in [1.29, 1.82) is 0 Å². The average Bonchev–Trinajstić information content (AvgIpc) is 2.85. The minimum absolute atomic E-state index is 0.330. The van der Waals surface area contributed by atoms with E-state index in [0.717, 1.165) is 32.2 Å². The molecule has 2 atom stereocenters. The number of ether oxygens (including phenoxy) is 1. The van der Waals surface area contributed by atoms with Gasteiger partial charge in [0.2, 0.25) is 0 Å². The fraction of sp³-hybridized carbons (Fsp3) is 0.706. The van der Waals surface area contributed by atoms with E-state index >= 15 is 0 Å². The molecular weight excluding hydrogens is 250 g/mol. The van der Waals surface area contributed by atoms with Crippen molar-refractivity contribution in [2.45, 2.75) is 64.5 Å². The second kappa shape index (κ2) is 8.13. The van der Waals surface area contributed by atoms with Gasteiger partial charge in [-0.15, -0.1) is 0 Å². The Balaban J connectivity index is 2.83. The topological polar surface area (TPSA) is 29.5 Å². The van der Waals surface area contributed by atoms with Gasteiger partial charge < -0.3 is 9.64 Å². The van der Waals surface area contributed by atoms with Crippen molar-refractivity contribution < 1.29 is 9.53 Å². The molecular formula is C17H29NO2. The lowest BCUT2D eigenvalue weighted by atomic mass is 9.89. The van der Waals surface area contributed by atoms with Gasteiger partial charge in [-0.05, 0) is 18.5 Å². The number of hydrogen-bond acceptors (Lipinski definition) is 3. The predicted molar refractivity (Wildman–Crippen MR) is 83.1 cm³/mol.